The highest BCUT2D eigenvalue weighted by Gasteiger charge is 2.35. The number of pyridine rings is 2. The molecule has 11 nitrogen and oxygen atoms in total. The summed E-state index contributed by atoms with van der Waals surface area (Å²) >= 11 is 0. The summed E-state index contributed by atoms with van der Waals surface area (Å²) in [6, 6.07) is 9.84. The summed E-state index contributed by atoms with van der Waals surface area (Å²) < 4.78 is 48.7. The number of nitrogens with one attached hydrogen (secondary N) is 3. The third kappa shape index (κ3) is 6.62. The van der Waals surface area contributed by atoms with Gasteiger partial charge in [-0.3, -0.25) is 19.8 Å². The second-order valence-electron chi connectivity index (χ2n) is 12.4. The summed E-state index contributed by atoms with van der Waals surface area (Å²) in [5, 5.41) is 11.0. The van der Waals surface area contributed by atoms with Crippen molar-refractivity contribution in [3.8, 4) is 23.0 Å². The minimum absolute atomic E-state index is 0.0106. The zero-order chi connectivity index (χ0) is 33.4. The molecule has 250 valence electrons. The lowest BCUT2D eigenvalue weighted by molar-refractivity contribution is -0.138. The Balaban J connectivity index is 1.09. The minimum Gasteiger partial charge on any atom is -0.455 e. The smallest absolute Gasteiger partial charge is 0.416 e. The fraction of sp³-hybridized carbons (Fsp3) is 0.382. The summed E-state index contributed by atoms with van der Waals surface area (Å²) in [4.78, 5) is 34.1. The Bertz CT molecular complexity index is 1950. The van der Waals surface area contributed by atoms with Crippen LogP contribution in [0.3, 0.4) is 0 Å². The first-order chi connectivity index (χ1) is 23.1. The lowest BCUT2D eigenvalue weighted by Gasteiger charge is -2.34. The van der Waals surface area contributed by atoms with Gasteiger partial charge in [-0.1, -0.05) is 19.1 Å². The molecule has 1 aromatic carbocycles. The molecule has 6 heterocycles. The van der Waals surface area contributed by atoms with Crippen molar-refractivity contribution in [1.82, 2.24) is 45.2 Å². The summed E-state index contributed by atoms with van der Waals surface area (Å²) in [6.45, 7) is 7.69. The van der Waals surface area contributed by atoms with Crippen molar-refractivity contribution in [3.05, 3.63) is 82.6 Å². The fourth-order valence-corrected chi connectivity index (χ4v) is 6.52. The molecule has 1 saturated heterocycles. The number of amides is 1. The maximum absolute atomic E-state index is 14.1. The summed E-state index contributed by atoms with van der Waals surface area (Å²) in [5.41, 5.74) is 2.95. The number of rotatable bonds is 8. The van der Waals surface area contributed by atoms with E-state index in [4.69, 9.17) is 9.72 Å². The van der Waals surface area contributed by atoms with Gasteiger partial charge in [0.25, 0.3) is 0 Å². The van der Waals surface area contributed by atoms with Gasteiger partial charge in [0.1, 0.15) is 23.0 Å². The van der Waals surface area contributed by atoms with Gasteiger partial charge in [-0.05, 0) is 54.3 Å². The molecule has 0 aliphatic carbocycles. The van der Waals surface area contributed by atoms with Crippen molar-refractivity contribution in [2.24, 2.45) is 0 Å². The van der Waals surface area contributed by atoms with Gasteiger partial charge in [0.2, 0.25) is 5.91 Å². The molecule has 7 rings (SSSR count). The molecule has 48 heavy (non-hydrogen) atoms. The number of H-pyrrole nitrogens is 2. The zero-order valence-corrected chi connectivity index (χ0v) is 26.7. The number of hydrogen-bond acceptors (Lipinski definition) is 8. The standard InChI is InChI=1S/C34H36F3N9O2/c1-3-22-18-46(30(47)13-21-4-5-23(27(12-21)34(35,36)37)17-45-10-8-38-9-11-45)19-24-14-25(16-40-31(22)24)48-29-6-7-39-32-26(29)15-28(42-32)33-41-20(2)43-44-33/h4-7,12,14-16,22,38H,3,8-11,13,17-19H2,1-2H3,(H,39,42)(H,41,43,44)/t22-/m0/s1. The minimum atomic E-state index is -4.51. The molecule has 1 amide bonds. The highest BCUT2D eigenvalue weighted by Crippen LogP contribution is 2.36. The molecule has 14 heteroatoms. The van der Waals surface area contributed by atoms with E-state index in [1.165, 1.54) is 6.07 Å². The molecule has 2 aliphatic heterocycles. The van der Waals surface area contributed by atoms with Gasteiger partial charge in [0.15, 0.2) is 5.82 Å². The maximum atomic E-state index is 14.1. The SMILES string of the molecule is CC[C@H]1CN(C(=O)Cc2ccc(CN3CCNCC3)c(C(F)(F)F)c2)Cc2cc(Oc3ccnc4[nH]c(-c5n[nH]c(C)n5)cc34)cnc21. The van der Waals surface area contributed by atoms with Crippen molar-refractivity contribution < 1.29 is 22.7 Å². The molecule has 1 atom stereocenters. The lowest BCUT2D eigenvalue weighted by atomic mass is 9.92. The normalized spacial score (nSPS) is 17.1. The average Bonchev–Trinajstić information content (AvgIpc) is 3.71. The van der Waals surface area contributed by atoms with Crippen molar-refractivity contribution in [3.63, 3.8) is 0 Å². The number of hydrogen-bond donors (Lipinski definition) is 3. The summed E-state index contributed by atoms with van der Waals surface area (Å²) in [7, 11) is 0. The highest BCUT2D eigenvalue weighted by molar-refractivity contribution is 5.87. The van der Waals surface area contributed by atoms with E-state index >= 15 is 0 Å². The number of nitrogens with zero attached hydrogens (tertiary/aromatic N) is 6. The summed E-state index contributed by atoms with van der Waals surface area (Å²) in [6.07, 6.45) is -0.568. The van der Waals surface area contributed by atoms with Crippen molar-refractivity contribution in [2.45, 2.75) is 51.9 Å². The number of aromatic amines is 2. The van der Waals surface area contributed by atoms with Crippen LogP contribution in [0.2, 0.25) is 0 Å². The van der Waals surface area contributed by atoms with E-state index in [1.54, 1.807) is 29.4 Å². The first-order valence-electron chi connectivity index (χ1n) is 16.1. The van der Waals surface area contributed by atoms with E-state index in [0.29, 0.717) is 59.7 Å². The largest absolute Gasteiger partial charge is 0.455 e. The second kappa shape index (κ2) is 13.0. The van der Waals surface area contributed by atoms with Gasteiger partial charge in [-0.15, -0.1) is 0 Å². The van der Waals surface area contributed by atoms with Crippen molar-refractivity contribution >= 4 is 16.9 Å². The number of ether oxygens (including phenoxy) is 1. The molecule has 2 aliphatic rings. The van der Waals surface area contributed by atoms with Crippen molar-refractivity contribution in [2.75, 3.05) is 32.7 Å². The third-order valence-electron chi connectivity index (χ3n) is 9.01. The van der Waals surface area contributed by atoms with Gasteiger partial charge in [-0.25, -0.2) is 9.97 Å². The number of piperazine rings is 1. The monoisotopic (exact) mass is 659 g/mol. The van der Waals surface area contributed by atoms with Crippen LogP contribution in [-0.4, -0.2) is 78.6 Å². The Kier molecular flexibility index (Phi) is 8.60. The Labute approximate surface area is 274 Å². The Hall–Kier alpha value is -4.82. The van der Waals surface area contributed by atoms with E-state index in [-0.39, 0.29) is 36.9 Å². The van der Waals surface area contributed by atoms with Crippen LogP contribution in [0.1, 0.15) is 53.0 Å². The van der Waals surface area contributed by atoms with E-state index in [1.807, 2.05) is 30.9 Å². The molecule has 4 aromatic heterocycles. The third-order valence-corrected chi connectivity index (χ3v) is 9.01. The number of fused-ring (bicyclic) bond motifs is 2. The van der Waals surface area contributed by atoms with Gasteiger partial charge < -0.3 is 19.9 Å². The summed E-state index contributed by atoms with van der Waals surface area (Å²) in [5.74, 6) is 2.03. The van der Waals surface area contributed by atoms with Crippen LogP contribution in [0.15, 0.2) is 48.8 Å². The van der Waals surface area contributed by atoms with Gasteiger partial charge in [-0.2, -0.15) is 18.3 Å². The Morgan fingerprint density at radius 3 is 2.69 bits per heavy atom. The van der Waals surface area contributed by atoms with E-state index < -0.39 is 11.7 Å². The highest BCUT2D eigenvalue weighted by atomic mass is 19.4. The lowest BCUT2D eigenvalue weighted by Crippen LogP contribution is -2.43. The van der Waals surface area contributed by atoms with Crippen LogP contribution in [0.4, 0.5) is 13.2 Å². The molecule has 0 spiro atoms. The van der Waals surface area contributed by atoms with Gasteiger partial charge >= 0.3 is 6.18 Å². The first kappa shape index (κ1) is 31.8. The van der Waals surface area contributed by atoms with Crippen molar-refractivity contribution in [1.29, 1.82) is 0 Å². The first-order valence-corrected chi connectivity index (χ1v) is 16.1. The molecular formula is C34H36F3N9O2. The average molecular weight is 660 g/mol. The molecule has 0 bridgehead atoms. The van der Waals surface area contributed by atoms with Crippen LogP contribution < -0.4 is 10.1 Å². The van der Waals surface area contributed by atoms with Crippen LogP contribution >= 0.6 is 0 Å². The fourth-order valence-electron chi connectivity index (χ4n) is 6.52. The number of alkyl halides is 3. The van der Waals surface area contributed by atoms with Crippen LogP contribution in [0.25, 0.3) is 22.6 Å². The van der Waals surface area contributed by atoms with Crippen LogP contribution in [0, 0.1) is 6.92 Å². The molecular weight excluding hydrogens is 623 g/mol. The molecule has 0 saturated carbocycles. The van der Waals surface area contributed by atoms with Crippen LogP contribution in [0.5, 0.6) is 11.5 Å². The topological polar surface area (TPSA) is 128 Å². The number of aryl methyl sites for hydroxylation is 1. The predicted octanol–water partition coefficient (Wildman–Crippen LogP) is 5.35. The number of aromatic nitrogens is 6. The quantitative estimate of drug-likeness (QED) is 0.204. The van der Waals surface area contributed by atoms with E-state index in [0.717, 1.165) is 42.2 Å². The number of halogens is 3. The maximum Gasteiger partial charge on any atom is 0.416 e. The van der Waals surface area contributed by atoms with Gasteiger partial charge in [0, 0.05) is 57.9 Å². The number of benzene rings is 1. The molecule has 5 aromatic rings. The van der Waals surface area contributed by atoms with E-state index in [2.05, 4.69) is 30.5 Å². The zero-order valence-electron chi connectivity index (χ0n) is 26.7. The number of carbonyl (C=O) groups excluding carboxylic acids is 1. The Morgan fingerprint density at radius 2 is 1.94 bits per heavy atom. The Morgan fingerprint density at radius 1 is 1.10 bits per heavy atom. The predicted molar refractivity (Wildman–Crippen MR) is 172 cm³/mol. The van der Waals surface area contributed by atoms with E-state index in [9.17, 15) is 18.0 Å². The molecule has 3 N–H and O–H groups in total. The van der Waals surface area contributed by atoms with Crippen LogP contribution in [-0.2, 0) is 30.5 Å². The number of carbonyl (C=O) groups is 1. The second-order valence-corrected chi connectivity index (χ2v) is 12.4. The molecule has 0 unspecified atom stereocenters. The van der Waals surface area contributed by atoms with Gasteiger partial charge in [0.05, 0.1) is 35.0 Å². The molecule has 1 fully saturated rings. The molecule has 0 radical (unpaired) electrons.